The van der Waals surface area contributed by atoms with Crippen LogP contribution in [-0.2, 0) is 6.61 Å². The second-order valence-corrected chi connectivity index (χ2v) is 7.95. The molecule has 0 fully saturated rings. The molecule has 0 radical (unpaired) electrons. The molecule has 0 amide bonds. The molecule has 5 heteroatoms. The minimum atomic E-state index is 0.391. The van der Waals surface area contributed by atoms with Crippen LogP contribution >= 0.6 is 34.8 Å². The first-order chi connectivity index (χ1) is 13.9. The quantitative estimate of drug-likeness (QED) is 0.297. The topological polar surface area (TPSA) is 33.0 Å². The maximum atomic E-state index is 9.56. The number of ether oxygens (including phenoxy) is 1. The summed E-state index contributed by atoms with van der Waals surface area (Å²) in [5.41, 5.74) is 5.26. The standard InChI is InChI=1S/C24H18Cl3NO/c1-15-9-18(11-20(13-28)19-4-6-21(25)7-5-19)10-16(2)24(15)29-14-17-3-8-22(26)23(27)12-17/h3-12H,14H2,1-2H3/b20-11+. The van der Waals surface area contributed by atoms with Crippen LogP contribution in [0.2, 0.25) is 15.1 Å². The molecule has 29 heavy (non-hydrogen) atoms. The van der Waals surface area contributed by atoms with Gasteiger partial charge in [0.1, 0.15) is 12.4 Å². The zero-order valence-corrected chi connectivity index (χ0v) is 18.2. The van der Waals surface area contributed by atoms with Crippen molar-refractivity contribution in [2.24, 2.45) is 0 Å². The maximum Gasteiger partial charge on any atom is 0.125 e. The molecule has 0 saturated carbocycles. The van der Waals surface area contributed by atoms with Gasteiger partial charge >= 0.3 is 0 Å². The molecule has 0 unspecified atom stereocenters. The van der Waals surface area contributed by atoms with Crippen molar-refractivity contribution >= 4 is 46.5 Å². The van der Waals surface area contributed by atoms with Gasteiger partial charge in [0, 0.05) is 5.02 Å². The van der Waals surface area contributed by atoms with Crippen molar-refractivity contribution in [3.63, 3.8) is 0 Å². The van der Waals surface area contributed by atoms with Crippen LogP contribution in [0.3, 0.4) is 0 Å². The number of hydrogen-bond acceptors (Lipinski definition) is 2. The summed E-state index contributed by atoms with van der Waals surface area (Å²) in [5, 5.41) is 11.2. The fraction of sp³-hybridized carbons (Fsp3) is 0.125. The van der Waals surface area contributed by atoms with E-state index in [1.54, 1.807) is 24.3 Å². The van der Waals surface area contributed by atoms with Gasteiger partial charge in [-0.2, -0.15) is 5.26 Å². The van der Waals surface area contributed by atoms with Crippen LogP contribution in [0, 0.1) is 25.2 Å². The van der Waals surface area contributed by atoms with Crippen LogP contribution in [-0.4, -0.2) is 0 Å². The van der Waals surface area contributed by atoms with E-state index in [4.69, 9.17) is 39.5 Å². The van der Waals surface area contributed by atoms with E-state index in [0.717, 1.165) is 33.6 Å². The first kappa shape index (κ1) is 21.3. The second-order valence-electron chi connectivity index (χ2n) is 6.70. The smallest absolute Gasteiger partial charge is 0.125 e. The van der Waals surface area contributed by atoms with Crippen LogP contribution in [0.4, 0.5) is 0 Å². The Morgan fingerprint density at radius 2 is 1.59 bits per heavy atom. The molecule has 0 aromatic heterocycles. The Labute approximate surface area is 185 Å². The molecule has 0 saturated heterocycles. The molecule has 146 valence electrons. The average molecular weight is 443 g/mol. The van der Waals surface area contributed by atoms with Crippen molar-refractivity contribution in [3.8, 4) is 11.8 Å². The zero-order valence-electron chi connectivity index (χ0n) is 16.0. The van der Waals surface area contributed by atoms with Crippen LogP contribution in [0.15, 0.2) is 54.6 Å². The first-order valence-electron chi connectivity index (χ1n) is 8.93. The summed E-state index contributed by atoms with van der Waals surface area (Å²) in [4.78, 5) is 0. The number of aryl methyl sites for hydroxylation is 2. The SMILES string of the molecule is Cc1cc(/C=C(\C#N)c2ccc(Cl)cc2)cc(C)c1OCc1ccc(Cl)c(Cl)c1. The van der Waals surface area contributed by atoms with E-state index in [1.807, 2.05) is 50.3 Å². The molecular formula is C24H18Cl3NO. The Morgan fingerprint density at radius 3 is 2.17 bits per heavy atom. The van der Waals surface area contributed by atoms with Crippen LogP contribution in [0.5, 0.6) is 5.75 Å². The Balaban J connectivity index is 1.83. The van der Waals surface area contributed by atoms with Gasteiger partial charge in [-0.25, -0.2) is 0 Å². The second kappa shape index (κ2) is 9.37. The summed E-state index contributed by atoms with van der Waals surface area (Å²) < 4.78 is 6.03. The number of halogens is 3. The van der Waals surface area contributed by atoms with E-state index in [-0.39, 0.29) is 0 Å². The summed E-state index contributed by atoms with van der Waals surface area (Å²) in [6.45, 7) is 4.37. The molecule has 0 N–H and O–H groups in total. The highest BCUT2D eigenvalue weighted by molar-refractivity contribution is 6.42. The normalized spacial score (nSPS) is 11.2. The third-order valence-electron chi connectivity index (χ3n) is 4.44. The molecule has 0 aliphatic carbocycles. The summed E-state index contributed by atoms with van der Waals surface area (Å²) in [6, 6.07) is 19.0. The molecule has 0 heterocycles. The Bertz CT molecular complexity index is 1090. The fourth-order valence-electron chi connectivity index (χ4n) is 3.06. The predicted molar refractivity (Wildman–Crippen MR) is 122 cm³/mol. The number of nitriles is 1. The van der Waals surface area contributed by atoms with Gasteiger partial charge in [0.15, 0.2) is 0 Å². The van der Waals surface area contributed by atoms with E-state index in [0.29, 0.717) is 27.2 Å². The minimum Gasteiger partial charge on any atom is -0.488 e. The number of nitrogens with zero attached hydrogens (tertiary/aromatic N) is 1. The third-order valence-corrected chi connectivity index (χ3v) is 5.43. The molecule has 0 spiro atoms. The molecule has 3 rings (SSSR count). The van der Waals surface area contributed by atoms with Gasteiger partial charge in [0.05, 0.1) is 21.7 Å². The molecule has 0 bridgehead atoms. The number of rotatable bonds is 5. The largest absolute Gasteiger partial charge is 0.488 e. The van der Waals surface area contributed by atoms with E-state index < -0.39 is 0 Å². The van der Waals surface area contributed by atoms with Crippen LogP contribution < -0.4 is 4.74 Å². The van der Waals surface area contributed by atoms with E-state index in [9.17, 15) is 5.26 Å². The Hall–Kier alpha value is -2.44. The molecule has 0 atom stereocenters. The lowest BCUT2D eigenvalue weighted by Gasteiger charge is -2.14. The van der Waals surface area contributed by atoms with Crippen molar-refractivity contribution in [2.45, 2.75) is 20.5 Å². The third kappa shape index (κ3) is 5.34. The number of hydrogen-bond donors (Lipinski definition) is 0. The van der Waals surface area contributed by atoms with Crippen molar-refractivity contribution in [1.29, 1.82) is 5.26 Å². The van der Waals surface area contributed by atoms with Gasteiger partial charge in [0.2, 0.25) is 0 Å². The van der Waals surface area contributed by atoms with Crippen molar-refractivity contribution < 1.29 is 4.74 Å². The van der Waals surface area contributed by atoms with Crippen molar-refractivity contribution in [2.75, 3.05) is 0 Å². The summed E-state index contributed by atoms with van der Waals surface area (Å²) >= 11 is 18.0. The predicted octanol–water partition coefficient (Wildman–Crippen LogP) is 7.91. The lowest BCUT2D eigenvalue weighted by atomic mass is 10.0. The van der Waals surface area contributed by atoms with Gasteiger partial charge in [-0.05, 0) is 84.1 Å². The molecular weight excluding hydrogens is 425 g/mol. The zero-order chi connectivity index (χ0) is 21.0. The summed E-state index contributed by atoms with van der Waals surface area (Å²) in [5.74, 6) is 0.818. The van der Waals surface area contributed by atoms with Gasteiger partial charge in [-0.3, -0.25) is 0 Å². The number of allylic oxidation sites excluding steroid dienone is 1. The molecule has 0 aliphatic heterocycles. The van der Waals surface area contributed by atoms with Crippen LogP contribution in [0.1, 0.15) is 27.8 Å². The van der Waals surface area contributed by atoms with Crippen molar-refractivity contribution in [1.82, 2.24) is 0 Å². The van der Waals surface area contributed by atoms with E-state index >= 15 is 0 Å². The Kier molecular flexibility index (Phi) is 6.87. The summed E-state index contributed by atoms with van der Waals surface area (Å²) in [6.07, 6.45) is 1.87. The van der Waals surface area contributed by atoms with E-state index in [1.165, 1.54) is 0 Å². The lowest BCUT2D eigenvalue weighted by molar-refractivity contribution is 0.302. The molecule has 0 aliphatic rings. The molecule has 3 aromatic rings. The van der Waals surface area contributed by atoms with Crippen LogP contribution in [0.25, 0.3) is 11.6 Å². The molecule has 3 aromatic carbocycles. The van der Waals surface area contributed by atoms with Crippen molar-refractivity contribution in [3.05, 3.63) is 97.5 Å². The Morgan fingerprint density at radius 1 is 0.931 bits per heavy atom. The fourth-order valence-corrected chi connectivity index (χ4v) is 3.50. The highest BCUT2D eigenvalue weighted by Gasteiger charge is 2.09. The average Bonchev–Trinajstić information content (AvgIpc) is 2.69. The summed E-state index contributed by atoms with van der Waals surface area (Å²) in [7, 11) is 0. The van der Waals surface area contributed by atoms with E-state index in [2.05, 4.69) is 6.07 Å². The molecule has 2 nitrogen and oxygen atoms in total. The monoisotopic (exact) mass is 441 g/mol. The highest BCUT2D eigenvalue weighted by Crippen LogP contribution is 2.29. The van der Waals surface area contributed by atoms with Gasteiger partial charge < -0.3 is 4.74 Å². The van der Waals surface area contributed by atoms with Gasteiger partial charge in [-0.15, -0.1) is 0 Å². The lowest BCUT2D eigenvalue weighted by Crippen LogP contribution is -1.99. The minimum absolute atomic E-state index is 0.391. The van der Waals surface area contributed by atoms with Gasteiger partial charge in [0.25, 0.3) is 0 Å². The maximum absolute atomic E-state index is 9.56. The van der Waals surface area contributed by atoms with Gasteiger partial charge in [-0.1, -0.05) is 53.0 Å². The first-order valence-corrected chi connectivity index (χ1v) is 10.1. The number of benzene rings is 3. The highest BCUT2D eigenvalue weighted by atomic mass is 35.5.